The van der Waals surface area contributed by atoms with E-state index in [-0.39, 0.29) is 5.41 Å². The molecule has 6 aliphatic rings. The quantitative estimate of drug-likeness (QED) is 0.369. The second-order valence-electron chi connectivity index (χ2n) is 13.9. The van der Waals surface area contributed by atoms with Crippen molar-refractivity contribution in [2.24, 2.45) is 28.2 Å². The van der Waals surface area contributed by atoms with Crippen LogP contribution in [0.1, 0.15) is 68.1 Å². The van der Waals surface area contributed by atoms with E-state index in [1.54, 1.807) is 5.57 Å². The molecule has 226 valence electrons. The molecule has 2 aromatic rings. The minimum absolute atomic E-state index is 0.168. The highest BCUT2D eigenvalue weighted by atomic mass is 14.9. The van der Waals surface area contributed by atoms with Crippen LogP contribution in [0.4, 0.5) is 0 Å². The van der Waals surface area contributed by atoms with E-state index in [9.17, 15) is 0 Å². The molecule has 1 fully saturated rings. The van der Waals surface area contributed by atoms with Crippen LogP contribution in [0.3, 0.4) is 0 Å². The molecule has 2 aliphatic heterocycles. The second-order valence-corrected chi connectivity index (χ2v) is 13.9. The summed E-state index contributed by atoms with van der Waals surface area (Å²) < 4.78 is 0. The zero-order valence-electron chi connectivity index (χ0n) is 26.5. The van der Waals surface area contributed by atoms with Crippen molar-refractivity contribution in [2.75, 3.05) is 13.1 Å². The molecule has 2 heterocycles. The lowest BCUT2D eigenvalue weighted by molar-refractivity contribution is 0.288. The molecular formula is C43H44N2. The predicted molar refractivity (Wildman–Crippen MR) is 190 cm³/mol. The number of hydrogen-bond donors (Lipinski definition) is 1. The topological polar surface area (TPSA) is 24.4 Å². The summed E-state index contributed by atoms with van der Waals surface area (Å²) >= 11 is 0. The third kappa shape index (κ3) is 5.24. The van der Waals surface area contributed by atoms with Crippen LogP contribution < -0.4 is 5.32 Å². The summed E-state index contributed by atoms with van der Waals surface area (Å²) in [6.45, 7) is 4.84. The maximum atomic E-state index is 4.35. The lowest BCUT2D eigenvalue weighted by Crippen LogP contribution is -2.36. The molecule has 8 rings (SSSR count). The maximum absolute atomic E-state index is 4.35. The summed E-state index contributed by atoms with van der Waals surface area (Å²) in [6.07, 6.45) is 33.0. The highest BCUT2D eigenvalue weighted by Gasteiger charge is 2.46. The van der Waals surface area contributed by atoms with Crippen molar-refractivity contribution in [1.82, 2.24) is 5.32 Å². The van der Waals surface area contributed by atoms with Gasteiger partial charge in [0.15, 0.2) is 0 Å². The zero-order chi connectivity index (χ0) is 30.2. The van der Waals surface area contributed by atoms with Gasteiger partial charge in [0.25, 0.3) is 0 Å². The molecule has 4 atom stereocenters. The van der Waals surface area contributed by atoms with Crippen molar-refractivity contribution in [2.45, 2.75) is 51.4 Å². The second kappa shape index (κ2) is 12.1. The van der Waals surface area contributed by atoms with Crippen LogP contribution in [-0.4, -0.2) is 19.3 Å². The average Bonchev–Trinajstić information content (AvgIpc) is 3.11. The first-order valence-electron chi connectivity index (χ1n) is 17.2. The van der Waals surface area contributed by atoms with Crippen molar-refractivity contribution in [3.63, 3.8) is 0 Å². The third-order valence-corrected chi connectivity index (χ3v) is 11.2. The molecular weight excluding hydrogens is 544 g/mol. The van der Waals surface area contributed by atoms with Gasteiger partial charge in [0.05, 0.1) is 0 Å². The maximum Gasteiger partial charge on any atom is 0.0230 e. The summed E-state index contributed by atoms with van der Waals surface area (Å²) in [5.41, 5.74) is 12.8. The number of nitrogens with one attached hydrogen (secondary N) is 1. The van der Waals surface area contributed by atoms with Gasteiger partial charge >= 0.3 is 0 Å². The van der Waals surface area contributed by atoms with Gasteiger partial charge in [-0.15, -0.1) is 0 Å². The summed E-state index contributed by atoms with van der Waals surface area (Å²) in [5.74, 6) is 2.09. The molecule has 0 bridgehead atoms. The van der Waals surface area contributed by atoms with Gasteiger partial charge in [-0.1, -0.05) is 122 Å². The first-order chi connectivity index (χ1) is 22.2. The first kappa shape index (κ1) is 28.5. The van der Waals surface area contributed by atoms with Crippen LogP contribution in [-0.2, 0) is 0 Å². The van der Waals surface area contributed by atoms with Crippen LogP contribution in [0.2, 0.25) is 0 Å². The molecule has 2 nitrogen and oxygen atoms in total. The summed E-state index contributed by atoms with van der Waals surface area (Å²) in [4.78, 5) is 4.35. The number of fused-ring (bicyclic) bond motifs is 2. The van der Waals surface area contributed by atoms with Crippen molar-refractivity contribution >= 4 is 17.4 Å². The Morgan fingerprint density at radius 3 is 2.62 bits per heavy atom. The van der Waals surface area contributed by atoms with Gasteiger partial charge in [-0.3, -0.25) is 4.99 Å². The molecule has 4 unspecified atom stereocenters. The Morgan fingerprint density at radius 2 is 1.78 bits per heavy atom. The molecule has 2 heteroatoms. The Morgan fingerprint density at radius 1 is 0.933 bits per heavy atom. The number of nitrogens with zero attached hydrogens (tertiary/aromatic N) is 1. The van der Waals surface area contributed by atoms with E-state index in [2.05, 4.69) is 133 Å². The normalized spacial score (nSPS) is 29.4. The molecule has 0 aromatic heterocycles. The zero-order valence-corrected chi connectivity index (χ0v) is 26.5. The molecule has 0 spiro atoms. The van der Waals surface area contributed by atoms with Gasteiger partial charge in [-0.05, 0) is 108 Å². The molecule has 0 amide bonds. The lowest BCUT2D eigenvalue weighted by Gasteiger charge is -2.48. The fraction of sp³-hybridized carbons (Fsp3) is 0.326. The van der Waals surface area contributed by atoms with Gasteiger partial charge in [-0.25, -0.2) is 0 Å². The van der Waals surface area contributed by atoms with Gasteiger partial charge in [0.1, 0.15) is 0 Å². The van der Waals surface area contributed by atoms with Crippen molar-refractivity contribution < 1.29 is 0 Å². The smallest absolute Gasteiger partial charge is 0.0230 e. The summed E-state index contributed by atoms with van der Waals surface area (Å²) in [6, 6.07) is 20.4. The number of allylic oxidation sites excluding steroid dienone is 15. The fourth-order valence-corrected chi connectivity index (χ4v) is 9.02. The van der Waals surface area contributed by atoms with Crippen LogP contribution in [0.15, 0.2) is 143 Å². The van der Waals surface area contributed by atoms with Crippen LogP contribution in [0, 0.1) is 23.2 Å². The summed E-state index contributed by atoms with van der Waals surface area (Å²) in [7, 11) is 0. The SMILES string of the molecule is CC12C=C(c3ccccc3)C=CC1=C(C1=CC(C3C=CN=CC3)=CCC1)c1ccccc1C2C1=CC=CC(C2CCNCC2)C1. The molecule has 2 aromatic carbocycles. The molecule has 0 saturated carbocycles. The number of aliphatic imine (C=N–C) groups is 1. The minimum atomic E-state index is -0.168. The van der Waals surface area contributed by atoms with E-state index in [0.717, 1.165) is 44.7 Å². The molecule has 1 N–H and O–H groups in total. The van der Waals surface area contributed by atoms with E-state index in [1.807, 2.05) is 6.20 Å². The monoisotopic (exact) mass is 588 g/mol. The third-order valence-electron chi connectivity index (χ3n) is 11.2. The van der Waals surface area contributed by atoms with Crippen molar-refractivity contribution in [3.8, 4) is 0 Å². The van der Waals surface area contributed by atoms with E-state index >= 15 is 0 Å². The Kier molecular flexibility index (Phi) is 7.63. The molecule has 4 aliphatic carbocycles. The number of piperidine rings is 1. The van der Waals surface area contributed by atoms with Crippen LogP contribution in [0.25, 0.3) is 11.1 Å². The molecule has 0 radical (unpaired) electrons. The number of benzene rings is 2. The largest absolute Gasteiger partial charge is 0.317 e. The van der Waals surface area contributed by atoms with E-state index in [4.69, 9.17) is 0 Å². The van der Waals surface area contributed by atoms with Gasteiger partial charge in [0.2, 0.25) is 0 Å². The van der Waals surface area contributed by atoms with Crippen LogP contribution in [0.5, 0.6) is 0 Å². The van der Waals surface area contributed by atoms with Gasteiger partial charge in [0, 0.05) is 29.7 Å². The molecule has 45 heavy (non-hydrogen) atoms. The Balaban J connectivity index is 1.28. The van der Waals surface area contributed by atoms with Gasteiger partial charge < -0.3 is 5.32 Å². The van der Waals surface area contributed by atoms with Crippen molar-refractivity contribution in [3.05, 3.63) is 154 Å². The predicted octanol–water partition coefficient (Wildman–Crippen LogP) is 9.95. The van der Waals surface area contributed by atoms with E-state index in [0.29, 0.717) is 17.8 Å². The number of rotatable bonds is 5. The highest BCUT2D eigenvalue weighted by Crippen LogP contribution is 2.60. The fourth-order valence-electron chi connectivity index (χ4n) is 9.02. The minimum Gasteiger partial charge on any atom is -0.317 e. The Hall–Kier alpha value is -4.01. The van der Waals surface area contributed by atoms with Gasteiger partial charge in [-0.2, -0.15) is 0 Å². The highest BCUT2D eigenvalue weighted by molar-refractivity contribution is 5.92. The van der Waals surface area contributed by atoms with Crippen LogP contribution >= 0.6 is 0 Å². The average molecular weight is 589 g/mol. The van der Waals surface area contributed by atoms with Crippen molar-refractivity contribution in [1.29, 1.82) is 0 Å². The van der Waals surface area contributed by atoms with E-state index in [1.165, 1.54) is 57.4 Å². The summed E-state index contributed by atoms with van der Waals surface area (Å²) in [5, 5.41) is 3.59. The Labute approximate surface area is 269 Å². The first-order valence-corrected chi connectivity index (χ1v) is 17.2. The van der Waals surface area contributed by atoms with E-state index < -0.39 is 0 Å². The Bertz CT molecular complexity index is 1750. The lowest BCUT2D eigenvalue weighted by atomic mass is 9.55. The number of hydrogen-bond acceptors (Lipinski definition) is 2. The standard InChI is InChI=1S/C43H44N2/c1-43-29-37(30-9-3-2-4-10-30)17-18-40(43)41(35-13-7-11-33(27-35)31-19-23-44-24-20-31)38-15-5-6-16-39(38)42(43)36-14-8-12-34(28-36)32-21-25-45-26-22-32/h2-6,8-12,14-19,23-24,27,29,31-32,34,42,45H,7,13,20-22,25-26,28H2,1H3. The molecule has 1 saturated heterocycles.